The topological polar surface area (TPSA) is 87.2 Å². The highest BCUT2D eigenvalue weighted by atomic mass is 19.4. The predicted molar refractivity (Wildman–Crippen MR) is 513 cm³/mol. The number of para-hydroxylation sites is 1. The first-order chi connectivity index (χ1) is 65.2. The first-order valence-electron chi connectivity index (χ1n) is 43.3. The van der Waals surface area contributed by atoms with Gasteiger partial charge >= 0.3 is 24.7 Å². The molecule has 21 aromatic rings. The average Bonchev–Trinajstić information content (AvgIpc) is 1.55. The first kappa shape index (κ1) is 86.6. The van der Waals surface area contributed by atoms with Gasteiger partial charge in [-0.15, -0.1) is 0 Å². The maximum Gasteiger partial charge on any atom is 0.417 e. The third kappa shape index (κ3) is 16.7. The van der Waals surface area contributed by atoms with Crippen molar-refractivity contribution in [3.8, 4) is 158 Å². The highest BCUT2D eigenvalue weighted by molar-refractivity contribution is 6.15. The van der Waals surface area contributed by atoms with E-state index in [-0.39, 0.29) is 102 Å². The Morgan fingerprint density at radius 3 is 0.637 bits per heavy atom. The number of fused-ring (bicyclic) bond motifs is 6. The lowest BCUT2D eigenvalue weighted by Crippen LogP contribution is -2.11. The number of rotatable bonds is 15. The summed E-state index contributed by atoms with van der Waals surface area (Å²) >= 11 is 0. The Morgan fingerprint density at radius 2 is 0.378 bits per heavy atom. The summed E-state index contributed by atoms with van der Waals surface area (Å²) in [6.45, 7) is 6.05. The van der Waals surface area contributed by atoms with Crippen LogP contribution in [0.25, 0.3) is 201 Å². The molecule has 0 fully saturated rings. The molecule has 21 rings (SSSR count). The van der Waals surface area contributed by atoms with Crippen LogP contribution in [0.2, 0.25) is 0 Å². The van der Waals surface area contributed by atoms with Gasteiger partial charge in [0.25, 0.3) is 0 Å². The molecule has 135 heavy (non-hydrogen) atoms. The normalized spacial score (nSPS) is 12.0. The van der Waals surface area contributed by atoms with Gasteiger partial charge in [0.15, 0.2) is 34.9 Å². The summed E-state index contributed by atoms with van der Waals surface area (Å²) in [5, 5.41) is 3.04. The molecule has 0 aliphatic carbocycles. The zero-order valence-electron chi connectivity index (χ0n) is 72.1. The molecule has 0 N–H and O–H groups in total. The molecule has 658 valence electrons. The molecule has 0 aliphatic heterocycles. The predicted octanol–water partition coefficient (Wildman–Crippen LogP) is 32.6. The highest BCUT2D eigenvalue weighted by Crippen LogP contribution is 2.54. The lowest BCUT2D eigenvalue weighted by atomic mass is 9.88. The number of alkyl halides is 12. The van der Waals surface area contributed by atoms with Gasteiger partial charge in [0.2, 0.25) is 0 Å². The molecule has 0 aliphatic rings. The van der Waals surface area contributed by atoms with Gasteiger partial charge in [-0.05, 0) is 184 Å². The van der Waals surface area contributed by atoms with Crippen LogP contribution >= 0.6 is 0 Å². The number of halogens is 12. The fourth-order valence-corrected chi connectivity index (χ4v) is 18.2. The Hall–Kier alpha value is -16.5. The quantitative estimate of drug-likeness (QED) is 0.0951. The zero-order chi connectivity index (χ0) is 93.2. The van der Waals surface area contributed by atoms with Gasteiger partial charge < -0.3 is 9.13 Å². The molecular weight excluding hydrogens is 1720 g/mol. The van der Waals surface area contributed by atoms with Crippen molar-refractivity contribution in [1.29, 1.82) is 0 Å². The van der Waals surface area contributed by atoms with Crippen LogP contribution in [-0.4, -0.2) is 39.0 Å². The molecule has 0 amide bonds. The third-order valence-electron chi connectivity index (χ3n) is 24.5. The second-order valence-corrected chi connectivity index (χ2v) is 32.9. The fourth-order valence-electron chi connectivity index (χ4n) is 18.2. The summed E-state index contributed by atoms with van der Waals surface area (Å²) in [6, 6.07) is 112. The lowest BCUT2D eigenvalue weighted by molar-refractivity contribution is -0.137. The van der Waals surface area contributed by atoms with E-state index in [4.69, 9.17) is 29.9 Å². The van der Waals surface area contributed by atoms with Gasteiger partial charge in [-0.2, -0.15) is 52.7 Å². The molecule has 4 aromatic heterocycles. The summed E-state index contributed by atoms with van der Waals surface area (Å²) < 4.78 is 189. The van der Waals surface area contributed by atoms with Gasteiger partial charge in [0, 0.05) is 77.2 Å². The summed E-state index contributed by atoms with van der Waals surface area (Å²) in [5.41, 5.74) is 9.46. The molecule has 0 bridgehead atoms. The number of aromatic nitrogens is 8. The van der Waals surface area contributed by atoms with E-state index in [1.807, 2.05) is 286 Å². The molecule has 20 heteroatoms. The minimum Gasteiger partial charge on any atom is -0.308 e. The van der Waals surface area contributed by atoms with Crippen LogP contribution < -0.4 is 0 Å². The average molecular weight is 1800 g/mol. The van der Waals surface area contributed by atoms with Crippen molar-refractivity contribution < 1.29 is 52.7 Å². The SMILES string of the molecule is Cc1ccccc1-c1ccc2c(c1)c1cc(-c3ccccc3C)ccc1n2-c1c(-c2ccccc2C(F)(F)F)cc(-c2nc(-c3ccccc3)nc(-c3ccccc3)n2)cc1-c1ccccc1C(F)(F)F.Cc1ccccc1-c1ccc2c(c1)c1ccccc1n2-c1c(-c2ccccc2C(F)(F)F)cc(-c2nc(-c3ccccc3)nc(-c3ccccc3)n2)cc1-c1ccccc1C(F)(F)F. The van der Waals surface area contributed by atoms with E-state index < -0.39 is 47.0 Å². The number of benzene rings is 17. The van der Waals surface area contributed by atoms with Crippen LogP contribution in [0, 0.1) is 20.8 Å². The van der Waals surface area contributed by atoms with Crippen molar-refractivity contribution in [3.63, 3.8) is 0 Å². The van der Waals surface area contributed by atoms with Crippen LogP contribution in [0.5, 0.6) is 0 Å². The second kappa shape index (κ2) is 35.0. The maximum atomic E-state index is 15.6. The molecular formula is C115H74F12N8. The minimum absolute atomic E-state index is 0.00935. The van der Waals surface area contributed by atoms with E-state index in [0.29, 0.717) is 44.3 Å². The number of hydrogen-bond acceptors (Lipinski definition) is 6. The van der Waals surface area contributed by atoms with Crippen molar-refractivity contribution in [2.45, 2.75) is 45.5 Å². The molecule has 0 unspecified atom stereocenters. The van der Waals surface area contributed by atoms with Gasteiger partial charge in [-0.25, -0.2) is 29.9 Å². The molecule has 0 saturated carbocycles. The highest BCUT2D eigenvalue weighted by Gasteiger charge is 2.41. The Morgan fingerprint density at radius 1 is 0.170 bits per heavy atom. The fraction of sp³-hybridized carbons (Fsp3) is 0.0609. The standard InChI is InChI=1S/C61H40F6N4.C54H34F6N4/c1-37-17-9-11-23-44(37)41-29-31-54-48(33-41)49-34-42(45-24-12-10-18-38(45)2)30-32-55(49)71(54)56-50(46-25-13-15-27-52(46)60(62,63)64)35-43(36-51(56)47-26-14-16-28-53(47)61(65,66)67)59-69-57(39-19-5-3-6-20-39)68-58(70-59)40-21-7-4-8-22-40;1-33-16-8-9-21-38(33)36-28-29-48-42(30-36)41-24-12-15-27-47(41)64(48)49-43(39-22-10-13-25-45(39)53(55,56)57)31-37(32-44(49)40-23-11-14-26-46(40)54(58,59)60)52-62-50(34-17-4-2-5-18-34)61-51(63-52)35-19-6-3-7-20-35/h3-36H,1-2H3;2-32H,1H3. The van der Waals surface area contributed by atoms with Crippen molar-refractivity contribution >= 4 is 43.6 Å². The Balaban J connectivity index is 0.000000168. The maximum absolute atomic E-state index is 15.6. The summed E-state index contributed by atoms with van der Waals surface area (Å²) in [5.74, 6) is 1.19. The van der Waals surface area contributed by atoms with Gasteiger partial charge in [0.05, 0.1) is 55.7 Å². The number of aryl methyl sites for hydroxylation is 3. The van der Waals surface area contributed by atoms with E-state index in [9.17, 15) is 0 Å². The van der Waals surface area contributed by atoms with E-state index in [1.54, 1.807) is 28.8 Å². The van der Waals surface area contributed by atoms with Gasteiger partial charge in [0.1, 0.15) is 0 Å². The molecule has 0 atom stereocenters. The smallest absolute Gasteiger partial charge is 0.308 e. The van der Waals surface area contributed by atoms with E-state index in [0.717, 1.165) is 95.9 Å². The Labute approximate surface area is 767 Å². The molecule has 8 nitrogen and oxygen atoms in total. The van der Waals surface area contributed by atoms with E-state index in [2.05, 4.69) is 12.1 Å². The first-order valence-corrected chi connectivity index (χ1v) is 43.3. The molecule has 0 radical (unpaired) electrons. The minimum atomic E-state index is -4.87. The Bertz CT molecular complexity index is 7770. The third-order valence-corrected chi connectivity index (χ3v) is 24.5. The van der Waals surface area contributed by atoms with Crippen LogP contribution in [0.15, 0.2) is 394 Å². The second-order valence-electron chi connectivity index (χ2n) is 32.9. The van der Waals surface area contributed by atoms with Gasteiger partial charge in [-0.1, -0.05) is 303 Å². The lowest BCUT2D eigenvalue weighted by Gasteiger charge is -2.24. The number of nitrogens with zero attached hydrogens (tertiary/aromatic N) is 8. The van der Waals surface area contributed by atoms with Crippen LogP contribution in [-0.2, 0) is 24.7 Å². The van der Waals surface area contributed by atoms with Crippen LogP contribution in [0.1, 0.15) is 38.9 Å². The van der Waals surface area contributed by atoms with Crippen LogP contribution in [0.4, 0.5) is 52.7 Å². The monoisotopic (exact) mass is 1790 g/mol. The Kier molecular flexibility index (Phi) is 22.4. The summed E-state index contributed by atoms with van der Waals surface area (Å²) in [7, 11) is 0. The molecule has 17 aromatic carbocycles. The molecule has 0 saturated heterocycles. The summed E-state index contributed by atoms with van der Waals surface area (Å²) in [6.07, 6.45) is -19.4. The van der Waals surface area contributed by atoms with Gasteiger partial charge in [-0.3, -0.25) is 0 Å². The van der Waals surface area contributed by atoms with Crippen LogP contribution in [0.3, 0.4) is 0 Å². The van der Waals surface area contributed by atoms with Crippen molar-refractivity contribution in [1.82, 2.24) is 39.0 Å². The van der Waals surface area contributed by atoms with Crippen molar-refractivity contribution in [2.75, 3.05) is 0 Å². The van der Waals surface area contributed by atoms with E-state index >= 15 is 52.7 Å². The zero-order valence-corrected chi connectivity index (χ0v) is 72.1. The van der Waals surface area contributed by atoms with Crippen molar-refractivity contribution in [2.24, 2.45) is 0 Å². The van der Waals surface area contributed by atoms with E-state index in [1.165, 1.54) is 72.8 Å². The molecule has 0 spiro atoms. The molecule has 4 heterocycles. The largest absolute Gasteiger partial charge is 0.417 e. The summed E-state index contributed by atoms with van der Waals surface area (Å²) in [4.78, 5) is 29.2. The number of hydrogen-bond donors (Lipinski definition) is 0. The van der Waals surface area contributed by atoms with Crippen molar-refractivity contribution in [3.05, 3.63) is 433 Å².